The average Bonchev–Trinajstić information content (AvgIpc) is 2.47. The van der Waals surface area contributed by atoms with Crippen molar-refractivity contribution in [2.75, 3.05) is 0 Å². The van der Waals surface area contributed by atoms with E-state index in [1.165, 1.54) is 21.9 Å². The van der Waals surface area contributed by atoms with Crippen LogP contribution >= 0.6 is 0 Å². The molecule has 3 aromatic carbocycles. The van der Waals surface area contributed by atoms with Crippen molar-refractivity contribution in [1.29, 1.82) is 0 Å². The van der Waals surface area contributed by atoms with Crippen molar-refractivity contribution in [3.63, 3.8) is 0 Å². The molecule has 19 heavy (non-hydrogen) atoms. The van der Waals surface area contributed by atoms with Crippen LogP contribution in [-0.2, 0) is 6.42 Å². The van der Waals surface area contributed by atoms with E-state index in [0.717, 1.165) is 12.0 Å². The molecule has 0 atom stereocenters. The van der Waals surface area contributed by atoms with Gasteiger partial charge in [-0.15, -0.1) is 0 Å². The normalized spacial score (nSPS) is 10.8. The molecule has 0 heterocycles. The van der Waals surface area contributed by atoms with Crippen LogP contribution in [0.3, 0.4) is 0 Å². The zero-order chi connectivity index (χ0) is 13.2. The van der Waals surface area contributed by atoms with Gasteiger partial charge in [-0.3, -0.25) is 0 Å². The first-order chi connectivity index (χ1) is 9.29. The van der Waals surface area contributed by atoms with E-state index < -0.39 is 0 Å². The molecule has 0 bridgehead atoms. The van der Waals surface area contributed by atoms with Gasteiger partial charge in [-0.25, -0.2) is 0 Å². The number of hydrogen-bond donors (Lipinski definition) is 1. The second-order valence-electron chi connectivity index (χ2n) is 4.72. The SMILES string of the molecule is CCc1ccc2ccccc2c1-c1ccc(O)cc1. The Morgan fingerprint density at radius 3 is 2.32 bits per heavy atom. The topological polar surface area (TPSA) is 20.2 Å². The van der Waals surface area contributed by atoms with Gasteiger partial charge in [0.05, 0.1) is 0 Å². The van der Waals surface area contributed by atoms with Crippen LogP contribution in [0.2, 0.25) is 0 Å². The lowest BCUT2D eigenvalue weighted by atomic mass is 9.92. The highest BCUT2D eigenvalue weighted by atomic mass is 16.3. The molecule has 0 radical (unpaired) electrons. The number of hydrogen-bond acceptors (Lipinski definition) is 1. The van der Waals surface area contributed by atoms with Crippen molar-refractivity contribution in [1.82, 2.24) is 0 Å². The van der Waals surface area contributed by atoms with Crippen LogP contribution in [0.25, 0.3) is 21.9 Å². The highest BCUT2D eigenvalue weighted by Crippen LogP contribution is 2.33. The largest absolute Gasteiger partial charge is 0.508 e. The molecule has 0 fully saturated rings. The molecule has 0 spiro atoms. The smallest absolute Gasteiger partial charge is 0.115 e. The summed E-state index contributed by atoms with van der Waals surface area (Å²) in [7, 11) is 0. The lowest BCUT2D eigenvalue weighted by Gasteiger charge is -2.12. The highest BCUT2D eigenvalue weighted by Gasteiger charge is 2.08. The Labute approximate surface area is 113 Å². The minimum Gasteiger partial charge on any atom is -0.508 e. The highest BCUT2D eigenvalue weighted by molar-refractivity contribution is 5.98. The van der Waals surface area contributed by atoms with Gasteiger partial charge in [0, 0.05) is 0 Å². The Bertz CT molecular complexity index is 711. The van der Waals surface area contributed by atoms with E-state index in [-0.39, 0.29) is 0 Å². The van der Waals surface area contributed by atoms with Gasteiger partial charge >= 0.3 is 0 Å². The molecule has 0 aliphatic heterocycles. The summed E-state index contributed by atoms with van der Waals surface area (Å²) in [6, 6.07) is 20.3. The van der Waals surface area contributed by atoms with Crippen LogP contribution in [0.15, 0.2) is 60.7 Å². The van der Waals surface area contributed by atoms with Crippen LogP contribution in [0.5, 0.6) is 5.75 Å². The van der Waals surface area contributed by atoms with E-state index in [1.807, 2.05) is 12.1 Å². The van der Waals surface area contributed by atoms with Crippen molar-refractivity contribution in [2.45, 2.75) is 13.3 Å². The Kier molecular flexibility index (Phi) is 2.96. The molecule has 0 unspecified atom stereocenters. The lowest BCUT2D eigenvalue weighted by Crippen LogP contribution is -1.89. The van der Waals surface area contributed by atoms with Crippen molar-refractivity contribution in [3.05, 3.63) is 66.2 Å². The molecule has 3 aromatic rings. The number of rotatable bonds is 2. The molecule has 0 aromatic heterocycles. The van der Waals surface area contributed by atoms with Crippen molar-refractivity contribution in [2.24, 2.45) is 0 Å². The van der Waals surface area contributed by atoms with Crippen LogP contribution in [-0.4, -0.2) is 5.11 Å². The molecule has 1 nitrogen and oxygen atoms in total. The third-order valence-electron chi connectivity index (χ3n) is 3.55. The molecule has 0 saturated heterocycles. The van der Waals surface area contributed by atoms with Crippen LogP contribution in [0, 0.1) is 0 Å². The van der Waals surface area contributed by atoms with Gasteiger partial charge in [0.25, 0.3) is 0 Å². The molecule has 1 N–H and O–H groups in total. The molecule has 0 saturated carbocycles. The maximum absolute atomic E-state index is 9.44. The van der Waals surface area contributed by atoms with Gasteiger partial charge in [0.2, 0.25) is 0 Å². The van der Waals surface area contributed by atoms with Crippen molar-refractivity contribution < 1.29 is 5.11 Å². The molecule has 3 rings (SSSR count). The summed E-state index contributed by atoms with van der Waals surface area (Å²) in [6.45, 7) is 2.17. The monoisotopic (exact) mass is 248 g/mol. The number of benzene rings is 3. The van der Waals surface area contributed by atoms with Gasteiger partial charge in [-0.2, -0.15) is 0 Å². The molecule has 0 aliphatic rings. The lowest BCUT2D eigenvalue weighted by molar-refractivity contribution is 0.475. The summed E-state index contributed by atoms with van der Waals surface area (Å²) in [6.07, 6.45) is 1.00. The second kappa shape index (κ2) is 4.77. The minimum absolute atomic E-state index is 0.307. The molecule has 1 heteroatoms. The van der Waals surface area contributed by atoms with Crippen molar-refractivity contribution >= 4 is 10.8 Å². The van der Waals surface area contributed by atoms with Gasteiger partial charge in [0.15, 0.2) is 0 Å². The van der Waals surface area contributed by atoms with Crippen LogP contribution < -0.4 is 0 Å². The maximum Gasteiger partial charge on any atom is 0.115 e. The zero-order valence-corrected chi connectivity index (χ0v) is 10.9. The standard InChI is InChI=1S/C18H16O/c1-2-13-7-8-14-5-3-4-6-17(14)18(13)15-9-11-16(19)12-10-15/h3-12,19H,2H2,1H3. The predicted molar refractivity (Wildman–Crippen MR) is 80.4 cm³/mol. The Balaban J connectivity index is 2.33. The Morgan fingerprint density at radius 2 is 1.58 bits per heavy atom. The predicted octanol–water partition coefficient (Wildman–Crippen LogP) is 4.77. The summed E-state index contributed by atoms with van der Waals surface area (Å²) in [5.41, 5.74) is 3.77. The first-order valence-corrected chi connectivity index (χ1v) is 6.59. The summed E-state index contributed by atoms with van der Waals surface area (Å²) in [5, 5.41) is 12.0. The van der Waals surface area contributed by atoms with E-state index >= 15 is 0 Å². The zero-order valence-electron chi connectivity index (χ0n) is 10.9. The van der Waals surface area contributed by atoms with E-state index in [2.05, 4.69) is 43.3 Å². The van der Waals surface area contributed by atoms with Gasteiger partial charge < -0.3 is 5.11 Å². The first kappa shape index (κ1) is 11.8. The molecular formula is C18H16O. The number of aromatic hydroxyl groups is 1. The van der Waals surface area contributed by atoms with E-state index in [1.54, 1.807) is 12.1 Å². The Morgan fingerprint density at radius 1 is 0.842 bits per heavy atom. The number of phenolic OH excluding ortho intramolecular Hbond substituents is 1. The summed E-state index contributed by atoms with van der Waals surface area (Å²) >= 11 is 0. The summed E-state index contributed by atoms with van der Waals surface area (Å²) in [5.74, 6) is 0.307. The third kappa shape index (κ3) is 2.08. The summed E-state index contributed by atoms with van der Waals surface area (Å²) in [4.78, 5) is 0. The Hall–Kier alpha value is -2.28. The van der Waals surface area contributed by atoms with Gasteiger partial charge in [0.1, 0.15) is 5.75 Å². The van der Waals surface area contributed by atoms with E-state index in [4.69, 9.17) is 0 Å². The fourth-order valence-corrected chi connectivity index (χ4v) is 2.58. The maximum atomic E-state index is 9.44. The number of fused-ring (bicyclic) bond motifs is 1. The first-order valence-electron chi connectivity index (χ1n) is 6.59. The third-order valence-corrected chi connectivity index (χ3v) is 3.55. The van der Waals surface area contributed by atoms with Gasteiger partial charge in [-0.1, -0.05) is 55.5 Å². The fourth-order valence-electron chi connectivity index (χ4n) is 2.58. The number of aryl methyl sites for hydroxylation is 1. The molecule has 94 valence electrons. The second-order valence-corrected chi connectivity index (χ2v) is 4.72. The van der Waals surface area contributed by atoms with E-state index in [0.29, 0.717) is 5.75 Å². The summed E-state index contributed by atoms with van der Waals surface area (Å²) < 4.78 is 0. The molecular weight excluding hydrogens is 232 g/mol. The average molecular weight is 248 g/mol. The van der Waals surface area contributed by atoms with E-state index in [9.17, 15) is 5.11 Å². The quantitative estimate of drug-likeness (QED) is 0.692. The minimum atomic E-state index is 0.307. The van der Waals surface area contributed by atoms with Crippen molar-refractivity contribution in [3.8, 4) is 16.9 Å². The van der Waals surface area contributed by atoms with Gasteiger partial charge in [-0.05, 0) is 46.0 Å². The fraction of sp³-hybridized carbons (Fsp3) is 0.111. The van der Waals surface area contributed by atoms with Crippen LogP contribution in [0.4, 0.5) is 0 Å². The molecule has 0 aliphatic carbocycles. The molecule has 0 amide bonds. The van der Waals surface area contributed by atoms with Crippen LogP contribution in [0.1, 0.15) is 12.5 Å². The number of phenols is 1.